The first-order valence-electron chi connectivity index (χ1n) is 7.99. The highest BCUT2D eigenvalue weighted by molar-refractivity contribution is 5.79. The van der Waals surface area contributed by atoms with Crippen molar-refractivity contribution in [2.24, 2.45) is 0 Å². The molecule has 120 valence electrons. The Hall–Kier alpha value is -1.12. The maximum Gasteiger partial charge on any atom is 0.237 e. The van der Waals surface area contributed by atoms with E-state index in [9.17, 15) is 10.1 Å². The van der Waals surface area contributed by atoms with E-state index >= 15 is 0 Å². The van der Waals surface area contributed by atoms with Gasteiger partial charge < -0.3 is 10.0 Å². The predicted octanol–water partition coefficient (Wildman–Crippen LogP) is 1.76. The monoisotopic (exact) mass is 295 g/mol. The molecule has 0 unspecified atom stereocenters. The van der Waals surface area contributed by atoms with Crippen molar-refractivity contribution >= 4 is 5.91 Å². The molecule has 1 rings (SSSR count). The minimum atomic E-state index is -0.616. The van der Waals surface area contributed by atoms with Crippen LogP contribution >= 0.6 is 0 Å². The normalized spacial score (nSPS) is 17.8. The van der Waals surface area contributed by atoms with Gasteiger partial charge in [0.05, 0.1) is 12.6 Å². The maximum absolute atomic E-state index is 12.6. The van der Waals surface area contributed by atoms with Crippen molar-refractivity contribution in [1.82, 2.24) is 9.80 Å². The molecule has 5 heteroatoms. The van der Waals surface area contributed by atoms with E-state index in [1.54, 1.807) is 11.9 Å². The molecular weight excluding hydrogens is 266 g/mol. The summed E-state index contributed by atoms with van der Waals surface area (Å²) in [6, 6.07) is 2.64. The van der Waals surface area contributed by atoms with Crippen LogP contribution in [0.5, 0.6) is 0 Å². The van der Waals surface area contributed by atoms with Gasteiger partial charge in [0.25, 0.3) is 0 Å². The molecule has 0 aromatic rings. The Morgan fingerprint density at radius 1 is 1.33 bits per heavy atom. The van der Waals surface area contributed by atoms with E-state index in [0.29, 0.717) is 19.5 Å². The largest absolute Gasteiger partial charge is 0.396 e. The molecule has 1 aliphatic carbocycles. The van der Waals surface area contributed by atoms with Crippen LogP contribution in [0.1, 0.15) is 52.4 Å². The molecule has 1 amide bonds. The molecule has 1 fully saturated rings. The van der Waals surface area contributed by atoms with Gasteiger partial charge in [0.15, 0.2) is 0 Å². The molecule has 0 atom stereocenters. The van der Waals surface area contributed by atoms with Crippen LogP contribution in [0.15, 0.2) is 0 Å². The number of amides is 1. The molecule has 5 nitrogen and oxygen atoms in total. The lowest BCUT2D eigenvalue weighted by atomic mass is 9.81. The first kappa shape index (κ1) is 17.9. The number of likely N-dealkylation sites (N-methyl/N-ethyl adjacent to an activating group) is 1. The van der Waals surface area contributed by atoms with Crippen molar-refractivity contribution in [2.45, 2.75) is 64.0 Å². The van der Waals surface area contributed by atoms with E-state index < -0.39 is 5.54 Å². The lowest BCUT2D eigenvalue weighted by Gasteiger charge is -2.40. The maximum atomic E-state index is 12.6. The van der Waals surface area contributed by atoms with Crippen molar-refractivity contribution in [1.29, 1.82) is 5.26 Å². The highest BCUT2D eigenvalue weighted by Gasteiger charge is 2.39. The molecule has 0 heterocycles. The summed E-state index contributed by atoms with van der Waals surface area (Å²) < 4.78 is 0. The molecule has 0 aromatic carbocycles. The quantitative estimate of drug-likeness (QED) is 0.777. The van der Waals surface area contributed by atoms with Crippen LogP contribution in [0.3, 0.4) is 0 Å². The van der Waals surface area contributed by atoms with Crippen LogP contribution in [0.25, 0.3) is 0 Å². The zero-order chi connectivity index (χ0) is 15.9. The number of carbonyl (C=O) groups is 1. The van der Waals surface area contributed by atoms with Gasteiger partial charge in [0.1, 0.15) is 5.54 Å². The van der Waals surface area contributed by atoms with Gasteiger partial charge in [-0.05, 0) is 33.1 Å². The number of hydrogen-bond donors (Lipinski definition) is 1. The summed E-state index contributed by atoms with van der Waals surface area (Å²) in [5.74, 6) is 0.00471. The molecule has 0 aliphatic heterocycles. The highest BCUT2D eigenvalue weighted by Crippen LogP contribution is 2.32. The summed E-state index contributed by atoms with van der Waals surface area (Å²) in [6.07, 6.45) is 5.42. The van der Waals surface area contributed by atoms with Gasteiger partial charge in [-0.25, -0.2) is 0 Å². The van der Waals surface area contributed by atoms with E-state index in [0.717, 1.165) is 32.1 Å². The van der Waals surface area contributed by atoms with Gasteiger partial charge >= 0.3 is 0 Å². The number of hydrogen-bond acceptors (Lipinski definition) is 4. The molecule has 1 N–H and O–H groups in total. The first-order chi connectivity index (χ1) is 9.96. The summed E-state index contributed by atoms with van der Waals surface area (Å²) in [5.41, 5.74) is -0.616. The van der Waals surface area contributed by atoms with Crippen LogP contribution in [0.4, 0.5) is 0 Å². The summed E-state index contributed by atoms with van der Waals surface area (Å²) in [5, 5.41) is 18.5. The van der Waals surface area contributed by atoms with Crippen LogP contribution in [0, 0.1) is 11.3 Å². The average Bonchev–Trinajstić information content (AvgIpc) is 2.50. The number of aliphatic hydroxyl groups is 1. The van der Waals surface area contributed by atoms with Crippen molar-refractivity contribution in [3.63, 3.8) is 0 Å². The van der Waals surface area contributed by atoms with Gasteiger partial charge in [0.2, 0.25) is 5.91 Å². The fourth-order valence-electron chi connectivity index (χ4n) is 2.97. The van der Waals surface area contributed by atoms with Gasteiger partial charge in [0, 0.05) is 26.2 Å². The molecule has 21 heavy (non-hydrogen) atoms. The predicted molar refractivity (Wildman–Crippen MR) is 82.6 cm³/mol. The second-order valence-corrected chi connectivity index (χ2v) is 6.30. The Morgan fingerprint density at radius 3 is 2.43 bits per heavy atom. The first-order valence-corrected chi connectivity index (χ1v) is 7.99. The topological polar surface area (TPSA) is 67.6 Å². The van der Waals surface area contributed by atoms with Crippen molar-refractivity contribution in [3.8, 4) is 6.07 Å². The third kappa shape index (κ3) is 4.69. The Kier molecular flexibility index (Phi) is 7.13. The second-order valence-electron chi connectivity index (χ2n) is 6.30. The second kappa shape index (κ2) is 8.35. The van der Waals surface area contributed by atoms with Gasteiger partial charge in [-0.3, -0.25) is 9.69 Å². The van der Waals surface area contributed by atoms with Crippen molar-refractivity contribution in [2.75, 3.05) is 26.7 Å². The number of carbonyl (C=O) groups excluding carboxylic acids is 1. The van der Waals surface area contributed by atoms with E-state index in [1.807, 2.05) is 13.8 Å². The lowest BCUT2D eigenvalue weighted by Crippen LogP contribution is -2.53. The average molecular weight is 295 g/mol. The molecule has 0 saturated heterocycles. The Balaban J connectivity index is 2.69. The Labute approximate surface area is 128 Å². The molecule has 0 aromatic heterocycles. The zero-order valence-corrected chi connectivity index (χ0v) is 13.6. The van der Waals surface area contributed by atoms with E-state index in [4.69, 9.17) is 5.11 Å². The third-order valence-electron chi connectivity index (χ3n) is 4.58. The smallest absolute Gasteiger partial charge is 0.237 e. The van der Waals surface area contributed by atoms with Crippen molar-refractivity contribution < 1.29 is 9.90 Å². The van der Waals surface area contributed by atoms with Gasteiger partial charge in [-0.15, -0.1) is 0 Å². The van der Waals surface area contributed by atoms with Crippen LogP contribution in [-0.4, -0.2) is 59.1 Å². The number of nitrogens with zero attached hydrogens (tertiary/aromatic N) is 3. The minimum Gasteiger partial charge on any atom is -0.396 e. The lowest BCUT2D eigenvalue weighted by molar-refractivity contribution is -0.136. The molecule has 1 saturated carbocycles. The summed E-state index contributed by atoms with van der Waals surface area (Å²) in [7, 11) is 1.77. The molecule has 0 bridgehead atoms. The standard InChI is InChI=1S/C16H29N3O2/c1-14(2)19(10-7-11-20)12-15(21)18(3)16(13-17)8-5-4-6-9-16/h14,20H,4-12H2,1-3H3. The SMILES string of the molecule is CC(C)N(CCCO)CC(=O)N(C)C1(C#N)CCCCC1. The Morgan fingerprint density at radius 2 is 1.95 bits per heavy atom. The fourth-order valence-corrected chi connectivity index (χ4v) is 2.97. The van der Waals surface area contributed by atoms with Crippen LogP contribution in [0.2, 0.25) is 0 Å². The van der Waals surface area contributed by atoms with E-state index in [-0.39, 0.29) is 18.6 Å². The van der Waals surface area contributed by atoms with Crippen LogP contribution < -0.4 is 0 Å². The van der Waals surface area contributed by atoms with Crippen molar-refractivity contribution in [3.05, 3.63) is 0 Å². The van der Waals surface area contributed by atoms with Crippen LogP contribution in [-0.2, 0) is 4.79 Å². The van der Waals surface area contributed by atoms with Gasteiger partial charge in [-0.2, -0.15) is 5.26 Å². The summed E-state index contributed by atoms with van der Waals surface area (Å²) >= 11 is 0. The fraction of sp³-hybridized carbons (Fsp3) is 0.875. The number of aliphatic hydroxyl groups excluding tert-OH is 1. The third-order valence-corrected chi connectivity index (χ3v) is 4.58. The van der Waals surface area contributed by atoms with E-state index in [2.05, 4.69) is 11.0 Å². The minimum absolute atomic E-state index is 0.00471. The number of rotatable bonds is 7. The van der Waals surface area contributed by atoms with Gasteiger partial charge in [-0.1, -0.05) is 19.3 Å². The Bertz CT molecular complexity index is 370. The molecule has 1 aliphatic rings. The summed E-state index contributed by atoms with van der Waals surface area (Å²) in [4.78, 5) is 16.3. The molecular formula is C16H29N3O2. The highest BCUT2D eigenvalue weighted by atomic mass is 16.3. The molecule has 0 spiro atoms. The summed E-state index contributed by atoms with van der Waals surface area (Å²) in [6.45, 7) is 5.25. The van der Waals surface area contributed by atoms with E-state index in [1.165, 1.54) is 0 Å². The molecule has 0 radical (unpaired) electrons. The number of nitriles is 1. The zero-order valence-electron chi connectivity index (χ0n) is 13.6.